The van der Waals surface area contributed by atoms with Crippen molar-refractivity contribution in [3.8, 4) is 5.75 Å². The van der Waals surface area contributed by atoms with Crippen LogP contribution >= 0.6 is 0 Å². The Labute approximate surface area is 120 Å². The van der Waals surface area contributed by atoms with Crippen molar-refractivity contribution in [2.24, 2.45) is 0 Å². The van der Waals surface area contributed by atoms with Gasteiger partial charge in [0, 0.05) is 17.5 Å². The van der Waals surface area contributed by atoms with Crippen LogP contribution in [0.25, 0.3) is 0 Å². The maximum Gasteiger partial charge on any atom is 0.166 e. The second-order valence-electron chi connectivity index (χ2n) is 4.34. The third kappa shape index (κ3) is 3.95. The minimum absolute atomic E-state index is 0.00638. The standard InChI is InChI=1S/C16H12F2O3/c17-13-4-2-12(3-5-13)15(20)7-8-21-16-6-1-11(10-19)9-14(16)18/h1-6,9-10H,7-8H2. The van der Waals surface area contributed by atoms with Gasteiger partial charge in [-0.25, -0.2) is 8.78 Å². The Morgan fingerprint density at radius 3 is 2.43 bits per heavy atom. The molecule has 2 aromatic rings. The highest BCUT2D eigenvalue weighted by atomic mass is 19.1. The van der Waals surface area contributed by atoms with Crippen LogP contribution in [0, 0.1) is 11.6 Å². The molecule has 0 aliphatic heterocycles. The molecule has 108 valence electrons. The van der Waals surface area contributed by atoms with E-state index in [1.54, 1.807) is 0 Å². The number of hydrogen-bond acceptors (Lipinski definition) is 3. The van der Waals surface area contributed by atoms with Crippen molar-refractivity contribution in [1.82, 2.24) is 0 Å². The minimum Gasteiger partial charge on any atom is -0.490 e. The van der Waals surface area contributed by atoms with Crippen LogP contribution in [0.3, 0.4) is 0 Å². The van der Waals surface area contributed by atoms with Gasteiger partial charge in [-0.3, -0.25) is 9.59 Å². The van der Waals surface area contributed by atoms with Gasteiger partial charge in [-0.1, -0.05) is 0 Å². The summed E-state index contributed by atoms with van der Waals surface area (Å²) in [6.45, 7) is -0.00638. The van der Waals surface area contributed by atoms with Gasteiger partial charge in [0.15, 0.2) is 17.3 Å². The Balaban J connectivity index is 1.90. The van der Waals surface area contributed by atoms with E-state index < -0.39 is 11.6 Å². The minimum atomic E-state index is -0.658. The molecule has 0 heterocycles. The molecule has 0 aliphatic carbocycles. The Kier molecular flexibility index (Phi) is 4.77. The van der Waals surface area contributed by atoms with E-state index in [0.29, 0.717) is 11.8 Å². The Morgan fingerprint density at radius 1 is 1.10 bits per heavy atom. The molecule has 0 aliphatic rings. The molecule has 0 amide bonds. The fraction of sp³-hybridized carbons (Fsp3) is 0.125. The second kappa shape index (κ2) is 6.74. The first-order valence-electron chi connectivity index (χ1n) is 6.26. The lowest BCUT2D eigenvalue weighted by atomic mass is 10.1. The Bertz CT molecular complexity index is 651. The summed E-state index contributed by atoms with van der Waals surface area (Å²) in [6.07, 6.45) is 0.575. The number of ether oxygens (including phenoxy) is 1. The number of carbonyl (C=O) groups excluding carboxylic acids is 2. The number of halogens is 2. The Hall–Kier alpha value is -2.56. The molecule has 3 nitrogen and oxygen atoms in total. The summed E-state index contributed by atoms with van der Waals surface area (Å²) >= 11 is 0. The van der Waals surface area contributed by atoms with Crippen molar-refractivity contribution in [3.05, 3.63) is 65.2 Å². The highest BCUT2D eigenvalue weighted by Gasteiger charge is 2.08. The fourth-order valence-electron chi connectivity index (χ4n) is 1.74. The summed E-state index contributed by atoms with van der Waals surface area (Å²) in [5.74, 6) is -1.32. The van der Waals surface area contributed by atoms with Crippen LogP contribution in [0.1, 0.15) is 27.1 Å². The van der Waals surface area contributed by atoms with Crippen LogP contribution in [0.5, 0.6) is 5.75 Å². The van der Waals surface area contributed by atoms with E-state index in [0.717, 1.165) is 6.07 Å². The molecular formula is C16H12F2O3. The van der Waals surface area contributed by atoms with Crippen molar-refractivity contribution in [1.29, 1.82) is 0 Å². The number of rotatable bonds is 6. The lowest BCUT2D eigenvalue weighted by Gasteiger charge is -2.07. The van der Waals surface area contributed by atoms with E-state index in [1.807, 2.05) is 0 Å². The number of Topliss-reactive ketones (excluding diaryl/α,β-unsaturated/α-hetero) is 1. The maximum absolute atomic E-state index is 13.5. The van der Waals surface area contributed by atoms with Gasteiger partial charge in [-0.05, 0) is 42.5 Å². The molecule has 0 radical (unpaired) electrons. The molecule has 5 heteroatoms. The van der Waals surface area contributed by atoms with Crippen LogP contribution in [0.15, 0.2) is 42.5 Å². The highest BCUT2D eigenvalue weighted by Crippen LogP contribution is 2.18. The smallest absolute Gasteiger partial charge is 0.166 e. The maximum atomic E-state index is 13.5. The zero-order valence-corrected chi connectivity index (χ0v) is 11.0. The second-order valence-corrected chi connectivity index (χ2v) is 4.34. The molecule has 0 unspecified atom stereocenters. The summed E-state index contributed by atoms with van der Waals surface area (Å²) < 4.78 is 31.4. The zero-order chi connectivity index (χ0) is 15.2. The van der Waals surface area contributed by atoms with Gasteiger partial charge in [-0.15, -0.1) is 0 Å². The number of ketones is 1. The molecular weight excluding hydrogens is 278 g/mol. The van der Waals surface area contributed by atoms with E-state index in [2.05, 4.69) is 0 Å². The van der Waals surface area contributed by atoms with E-state index >= 15 is 0 Å². The van der Waals surface area contributed by atoms with Crippen LogP contribution in [-0.4, -0.2) is 18.7 Å². The molecule has 0 bridgehead atoms. The predicted molar refractivity (Wildman–Crippen MR) is 72.6 cm³/mol. The van der Waals surface area contributed by atoms with Gasteiger partial charge in [0.25, 0.3) is 0 Å². The van der Waals surface area contributed by atoms with Gasteiger partial charge >= 0.3 is 0 Å². The van der Waals surface area contributed by atoms with Crippen molar-refractivity contribution in [2.75, 3.05) is 6.61 Å². The van der Waals surface area contributed by atoms with Gasteiger partial charge in [-0.2, -0.15) is 0 Å². The number of benzene rings is 2. The van der Waals surface area contributed by atoms with Crippen LogP contribution in [0.4, 0.5) is 8.78 Å². The van der Waals surface area contributed by atoms with Gasteiger partial charge < -0.3 is 4.74 Å². The normalized spacial score (nSPS) is 10.2. The number of carbonyl (C=O) groups is 2. The molecule has 2 aromatic carbocycles. The topological polar surface area (TPSA) is 43.4 Å². The summed E-state index contributed by atoms with van der Waals surface area (Å²) in [6, 6.07) is 8.99. The molecule has 0 saturated heterocycles. The molecule has 0 fully saturated rings. The molecule has 0 aromatic heterocycles. The van der Waals surface area contributed by atoms with E-state index in [9.17, 15) is 18.4 Å². The van der Waals surface area contributed by atoms with E-state index in [4.69, 9.17) is 4.74 Å². The van der Waals surface area contributed by atoms with Crippen LogP contribution in [-0.2, 0) is 0 Å². The molecule has 0 atom stereocenters. The van der Waals surface area contributed by atoms with Crippen LogP contribution in [0.2, 0.25) is 0 Å². The fourth-order valence-corrected chi connectivity index (χ4v) is 1.74. The predicted octanol–water partition coefficient (Wildman–Crippen LogP) is 3.43. The quantitative estimate of drug-likeness (QED) is 0.604. The largest absolute Gasteiger partial charge is 0.490 e. The number of aldehydes is 1. The first-order valence-corrected chi connectivity index (χ1v) is 6.26. The number of hydrogen-bond donors (Lipinski definition) is 0. The summed E-state index contributed by atoms with van der Waals surface area (Å²) in [7, 11) is 0. The highest BCUT2D eigenvalue weighted by molar-refractivity contribution is 5.96. The third-order valence-corrected chi connectivity index (χ3v) is 2.84. The third-order valence-electron chi connectivity index (χ3n) is 2.84. The lowest BCUT2D eigenvalue weighted by Crippen LogP contribution is -2.07. The lowest BCUT2D eigenvalue weighted by molar-refractivity contribution is 0.0960. The molecule has 2 rings (SSSR count). The molecule has 0 saturated carbocycles. The monoisotopic (exact) mass is 290 g/mol. The van der Waals surface area contributed by atoms with E-state index in [1.165, 1.54) is 36.4 Å². The van der Waals surface area contributed by atoms with Gasteiger partial charge in [0.2, 0.25) is 0 Å². The summed E-state index contributed by atoms with van der Waals surface area (Å²) in [5, 5.41) is 0. The molecule has 21 heavy (non-hydrogen) atoms. The van der Waals surface area contributed by atoms with Gasteiger partial charge in [0.1, 0.15) is 12.1 Å². The van der Waals surface area contributed by atoms with Crippen molar-refractivity contribution < 1.29 is 23.1 Å². The van der Waals surface area contributed by atoms with Crippen molar-refractivity contribution >= 4 is 12.1 Å². The average molecular weight is 290 g/mol. The molecule has 0 N–H and O–H groups in total. The van der Waals surface area contributed by atoms with Crippen molar-refractivity contribution in [3.63, 3.8) is 0 Å². The van der Waals surface area contributed by atoms with Gasteiger partial charge in [0.05, 0.1) is 6.61 Å². The average Bonchev–Trinajstić information content (AvgIpc) is 2.49. The summed E-state index contributed by atoms with van der Waals surface area (Å²) in [4.78, 5) is 22.3. The summed E-state index contributed by atoms with van der Waals surface area (Å²) in [5.41, 5.74) is 0.582. The van der Waals surface area contributed by atoms with E-state index in [-0.39, 0.29) is 30.1 Å². The first kappa shape index (κ1) is 14.8. The zero-order valence-electron chi connectivity index (χ0n) is 11.0. The SMILES string of the molecule is O=Cc1ccc(OCCC(=O)c2ccc(F)cc2)c(F)c1. The first-order chi connectivity index (χ1) is 10.1. The van der Waals surface area contributed by atoms with Crippen molar-refractivity contribution in [2.45, 2.75) is 6.42 Å². The Morgan fingerprint density at radius 2 is 1.81 bits per heavy atom. The van der Waals surface area contributed by atoms with Crippen LogP contribution < -0.4 is 4.74 Å². The molecule has 0 spiro atoms.